The van der Waals surface area contributed by atoms with Crippen molar-refractivity contribution in [3.63, 3.8) is 0 Å². The fraction of sp³-hybridized carbons (Fsp3) is 0.250. The van der Waals surface area contributed by atoms with Gasteiger partial charge in [-0.1, -0.05) is 11.2 Å². The molecule has 0 bridgehead atoms. The molecule has 158 valence electrons. The number of nitrogens with zero attached hydrogens (tertiary/aromatic N) is 2. The van der Waals surface area contributed by atoms with Crippen molar-refractivity contribution in [2.45, 2.75) is 24.0 Å². The van der Waals surface area contributed by atoms with Gasteiger partial charge in [-0.25, -0.2) is 8.42 Å². The fourth-order valence-electron chi connectivity index (χ4n) is 2.62. The second-order valence-corrected chi connectivity index (χ2v) is 9.06. The number of hydrogen-bond acceptors (Lipinski definition) is 8. The van der Waals surface area contributed by atoms with E-state index in [1.807, 2.05) is 0 Å². The molecule has 30 heavy (non-hydrogen) atoms. The normalized spacial score (nSPS) is 11.4. The SMILES string of the molecule is COc1ccc(C(=O)Nc2nnc(-c3cccc(S(=O)(=O)C(C)C)c3)o2)cc1OC. The molecule has 0 spiro atoms. The van der Waals surface area contributed by atoms with E-state index >= 15 is 0 Å². The van der Waals surface area contributed by atoms with E-state index in [-0.39, 0.29) is 16.8 Å². The van der Waals surface area contributed by atoms with E-state index in [1.165, 1.54) is 32.4 Å². The van der Waals surface area contributed by atoms with E-state index < -0.39 is 21.0 Å². The maximum Gasteiger partial charge on any atom is 0.322 e. The number of ether oxygens (including phenoxy) is 2. The largest absolute Gasteiger partial charge is 0.493 e. The van der Waals surface area contributed by atoms with Gasteiger partial charge in [-0.3, -0.25) is 10.1 Å². The number of rotatable bonds is 7. The van der Waals surface area contributed by atoms with Crippen molar-refractivity contribution in [2.24, 2.45) is 0 Å². The highest BCUT2D eigenvalue weighted by atomic mass is 32.2. The average Bonchev–Trinajstić information content (AvgIpc) is 3.21. The molecule has 0 fully saturated rings. The molecule has 0 atom stereocenters. The quantitative estimate of drug-likeness (QED) is 0.605. The minimum atomic E-state index is -3.45. The van der Waals surface area contributed by atoms with Crippen molar-refractivity contribution in [3.05, 3.63) is 48.0 Å². The number of anilines is 1. The summed E-state index contributed by atoms with van der Waals surface area (Å²) < 4.78 is 40.6. The Kier molecular flexibility index (Phi) is 6.06. The van der Waals surface area contributed by atoms with Crippen LogP contribution in [0.3, 0.4) is 0 Å². The minimum absolute atomic E-state index is 0.0819. The summed E-state index contributed by atoms with van der Waals surface area (Å²) in [7, 11) is -0.481. The van der Waals surface area contributed by atoms with Gasteiger partial charge in [-0.05, 0) is 50.2 Å². The summed E-state index contributed by atoms with van der Waals surface area (Å²) in [5.41, 5.74) is 0.730. The molecule has 0 unspecified atom stereocenters. The molecule has 0 radical (unpaired) electrons. The van der Waals surface area contributed by atoms with Crippen LogP contribution in [0.4, 0.5) is 6.01 Å². The molecule has 0 aliphatic rings. The predicted molar refractivity (Wildman–Crippen MR) is 110 cm³/mol. The Bertz CT molecular complexity index is 1170. The number of amides is 1. The molecule has 0 aliphatic carbocycles. The summed E-state index contributed by atoms with van der Waals surface area (Å²) in [4.78, 5) is 12.6. The lowest BCUT2D eigenvalue weighted by molar-refractivity contribution is 0.102. The van der Waals surface area contributed by atoms with E-state index in [0.29, 0.717) is 22.6 Å². The van der Waals surface area contributed by atoms with Crippen LogP contribution in [0.5, 0.6) is 11.5 Å². The summed E-state index contributed by atoms with van der Waals surface area (Å²) in [6.07, 6.45) is 0. The van der Waals surface area contributed by atoms with Crippen molar-refractivity contribution in [2.75, 3.05) is 19.5 Å². The minimum Gasteiger partial charge on any atom is -0.493 e. The molecule has 0 aliphatic heterocycles. The van der Waals surface area contributed by atoms with Crippen LogP contribution in [0.1, 0.15) is 24.2 Å². The highest BCUT2D eigenvalue weighted by Gasteiger charge is 2.21. The third kappa shape index (κ3) is 4.28. The van der Waals surface area contributed by atoms with Gasteiger partial charge in [0.25, 0.3) is 5.91 Å². The van der Waals surface area contributed by atoms with E-state index in [0.717, 1.165) is 0 Å². The van der Waals surface area contributed by atoms with Gasteiger partial charge in [0, 0.05) is 11.1 Å². The molecule has 3 rings (SSSR count). The van der Waals surface area contributed by atoms with Crippen LogP contribution in [0.25, 0.3) is 11.5 Å². The third-order valence-electron chi connectivity index (χ3n) is 4.32. The number of aromatic nitrogens is 2. The van der Waals surface area contributed by atoms with Crippen LogP contribution < -0.4 is 14.8 Å². The number of methoxy groups -OCH3 is 2. The molecular weight excluding hydrogens is 410 g/mol. The lowest BCUT2D eigenvalue weighted by Gasteiger charge is -2.09. The van der Waals surface area contributed by atoms with Crippen molar-refractivity contribution < 1.29 is 27.1 Å². The molecule has 1 N–H and O–H groups in total. The Hall–Kier alpha value is -3.40. The summed E-state index contributed by atoms with van der Waals surface area (Å²) in [5.74, 6) is 0.491. The molecule has 0 saturated heterocycles. The predicted octanol–water partition coefficient (Wildman–Crippen LogP) is 3.19. The lowest BCUT2D eigenvalue weighted by atomic mass is 10.2. The van der Waals surface area contributed by atoms with Crippen LogP contribution in [0.15, 0.2) is 51.8 Å². The van der Waals surface area contributed by atoms with Crippen LogP contribution in [0.2, 0.25) is 0 Å². The maximum atomic E-state index is 12.5. The van der Waals surface area contributed by atoms with E-state index in [1.54, 1.807) is 38.1 Å². The first-order valence-corrected chi connectivity index (χ1v) is 10.5. The molecular formula is C20H21N3O6S. The fourth-order valence-corrected chi connectivity index (χ4v) is 3.72. The molecule has 10 heteroatoms. The molecule has 2 aromatic carbocycles. The molecule has 1 heterocycles. The van der Waals surface area contributed by atoms with Crippen molar-refractivity contribution in [3.8, 4) is 23.0 Å². The zero-order valence-corrected chi connectivity index (χ0v) is 17.7. The van der Waals surface area contributed by atoms with Crippen LogP contribution in [-0.4, -0.2) is 44.0 Å². The standard InChI is InChI=1S/C20H21N3O6S/c1-12(2)30(25,26)15-7-5-6-14(10-15)19-22-23-20(29-19)21-18(24)13-8-9-16(27-3)17(11-13)28-4/h5-12H,1-4H3,(H,21,23,24). The van der Waals surface area contributed by atoms with E-state index in [9.17, 15) is 13.2 Å². The van der Waals surface area contributed by atoms with Crippen LogP contribution >= 0.6 is 0 Å². The smallest absolute Gasteiger partial charge is 0.322 e. The number of sulfone groups is 1. The van der Waals surface area contributed by atoms with Crippen molar-refractivity contribution in [1.82, 2.24) is 10.2 Å². The van der Waals surface area contributed by atoms with Gasteiger partial charge in [0.05, 0.1) is 24.4 Å². The molecule has 1 amide bonds. The Morgan fingerprint density at radius 1 is 1.03 bits per heavy atom. The number of nitrogens with one attached hydrogen (secondary N) is 1. The third-order valence-corrected chi connectivity index (χ3v) is 6.47. The summed E-state index contributed by atoms with van der Waals surface area (Å²) >= 11 is 0. The maximum absolute atomic E-state index is 12.5. The topological polar surface area (TPSA) is 121 Å². The second-order valence-electron chi connectivity index (χ2n) is 6.56. The number of carbonyl (C=O) groups is 1. The molecule has 1 aromatic heterocycles. The first kappa shape index (κ1) is 21.3. The zero-order valence-electron chi connectivity index (χ0n) is 16.9. The van der Waals surface area contributed by atoms with Gasteiger partial charge < -0.3 is 13.9 Å². The Balaban J connectivity index is 1.81. The Morgan fingerprint density at radius 3 is 2.43 bits per heavy atom. The molecule has 0 saturated carbocycles. The highest BCUT2D eigenvalue weighted by molar-refractivity contribution is 7.92. The zero-order chi connectivity index (χ0) is 21.9. The van der Waals surface area contributed by atoms with Crippen LogP contribution in [0, 0.1) is 0 Å². The van der Waals surface area contributed by atoms with Gasteiger partial charge in [-0.15, -0.1) is 5.10 Å². The molecule has 9 nitrogen and oxygen atoms in total. The summed E-state index contributed by atoms with van der Waals surface area (Å²) in [5, 5.41) is 9.64. The van der Waals surface area contributed by atoms with Gasteiger partial charge in [0.15, 0.2) is 21.3 Å². The number of carbonyl (C=O) groups excluding carboxylic acids is 1. The van der Waals surface area contributed by atoms with Crippen molar-refractivity contribution >= 4 is 21.8 Å². The van der Waals surface area contributed by atoms with Gasteiger partial charge >= 0.3 is 6.01 Å². The van der Waals surface area contributed by atoms with Crippen molar-refractivity contribution in [1.29, 1.82) is 0 Å². The van der Waals surface area contributed by atoms with Gasteiger partial charge in [-0.2, -0.15) is 0 Å². The average molecular weight is 431 g/mol. The first-order valence-electron chi connectivity index (χ1n) is 8.97. The van der Waals surface area contributed by atoms with Gasteiger partial charge in [0.1, 0.15) is 0 Å². The number of benzene rings is 2. The molecule has 3 aromatic rings. The second kappa shape index (κ2) is 8.54. The Labute approximate surface area is 174 Å². The summed E-state index contributed by atoms with van der Waals surface area (Å²) in [6, 6.07) is 10.8. The van der Waals surface area contributed by atoms with E-state index in [2.05, 4.69) is 15.5 Å². The van der Waals surface area contributed by atoms with Gasteiger partial charge in [0.2, 0.25) is 5.89 Å². The lowest BCUT2D eigenvalue weighted by Crippen LogP contribution is -2.13. The first-order chi connectivity index (χ1) is 14.3. The highest BCUT2D eigenvalue weighted by Crippen LogP contribution is 2.28. The number of hydrogen-bond donors (Lipinski definition) is 1. The monoisotopic (exact) mass is 431 g/mol. The Morgan fingerprint density at radius 2 is 1.77 bits per heavy atom. The van der Waals surface area contributed by atoms with E-state index in [4.69, 9.17) is 13.9 Å². The summed E-state index contributed by atoms with van der Waals surface area (Å²) in [6.45, 7) is 3.22. The van der Waals surface area contributed by atoms with Crippen LogP contribution in [-0.2, 0) is 9.84 Å².